The normalized spacial score (nSPS) is 13.0. The molecule has 4 nitrogen and oxygen atoms in total. The van der Waals surface area contributed by atoms with Crippen LogP contribution < -0.4 is 0 Å². The van der Waals surface area contributed by atoms with Gasteiger partial charge < -0.3 is 0 Å². The van der Waals surface area contributed by atoms with Gasteiger partial charge in [-0.25, -0.2) is 0 Å². The van der Waals surface area contributed by atoms with Crippen LogP contribution >= 0.6 is 25.4 Å². The van der Waals surface area contributed by atoms with Crippen LogP contribution in [0.3, 0.4) is 0 Å². The maximum absolute atomic E-state index is 15.2. The number of hydrogen-bond acceptors (Lipinski definition) is 5. The van der Waals surface area contributed by atoms with Crippen molar-refractivity contribution in [1.29, 1.82) is 0 Å². The zero-order chi connectivity index (χ0) is 56.1. The van der Waals surface area contributed by atoms with Gasteiger partial charge in [0.15, 0.2) is 0 Å². The van der Waals surface area contributed by atoms with Gasteiger partial charge in [-0.15, -0.1) is 0 Å². The fourth-order valence-electron chi connectivity index (χ4n) is 12.6. The van der Waals surface area contributed by atoms with Crippen molar-refractivity contribution in [3.8, 4) is 0 Å². The number of rotatable bonds is 54. The van der Waals surface area contributed by atoms with Crippen molar-refractivity contribution >= 4 is 37.4 Å². The molecule has 2 rings (SSSR count). The zero-order valence-electron chi connectivity index (χ0n) is 52.5. The van der Waals surface area contributed by atoms with Crippen molar-refractivity contribution in [2.24, 2.45) is 0 Å². The molecule has 0 spiro atoms. The Morgan fingerprint density at radius 3 is 0.714 bits per heavy atom. The molecule has 0 aliphatic carbocycles. The molecular weight excluding hydrogens is 999 g/mol. The van der Waals surface area contributed by atoms with E-state index in [-0.39, 0.29) is 11.9 Å². The van der Waals surface area contributed by atoms with Crippen LogP contribution in [0.2, 0.25) is 0 Å². The molecule has 0 saturated carbocycles. The summed E-state index contributed by atoms with van der Waals surface area (Å²) in [5, 5.41) is 0. The van der Waals surface area contributed by atoms with Crippen LogP contribution in [-0.2, 0) is 9.05 Å². The number of unbranched alkanes of at least 4 members (excludes halogenated alkanes) is 32. The van der Waals surface area contributed by atoms with E-state index < -0.39 is 13.7 Å². The molecule has 2 aromatic carbocycles. The SMILES string of the molecule is CCCCCCCCCCCCCCCCP(CCCC)(CCCC)(CCCC)OC(=O)c1ccccc1Sc1ccccc1C(=O)OP(CCCC)(CCCC)(CCCC)CCCCCCCCCCCCCCCC. The van der Waals surface area contributed by atoms with Crippen molar-refractivity contribution in [3.05, 3.63) is 59.7 Å². The number of carbonyl (C=O) groups is 2. The molecule has 0 N–H and O–H groups in total. The van der Waals surface area contributed by atoms with Gasteiger partial charge in [0.2, 0.25) is 0 Å². The van der Waals surface area contributed by atoms with Crippen molar-refractivity contribution < 1.29 is 18.6 Å². The van der Waals surface area contributed by atoms with Crippen LogP contribution in [0.5, 0.6) is 0 Å². The van der Waals surface area contributed by atoms with E-state index in [0.717, 1.165) is 149 Å². The summed E-state index contributed by atoms with van der Waals surface area (Å²) in [4.78, 5) is 32.2. The van der Waals surface area contributed by atoms with Crippen molar-refractivity contribution in [3.63, 3.8) is 0 Å². The molecule has 0 saturated heterocycles. The summed E-state index contributed by atoms with van der Waals surface area (Å²) >= 11 is 1.56. The number of hydrogen-bond donors (Lipinski definition) is 0. The van der Waals surface area contributed by atoms with Crippen LogP contribution in [0.15, 0.2) is 58.3 Å². The summed E-state index contributed by atoms with van der Waals surface area (Å²) in [6.45, 7) is 12.5. The Hall–Kier alpha value is -1.41. The Morgan fingerprint density at radius 2 is 0.481 bits per heavy atom. The molecule has 0 atom stereocenters. The van der Waals surface area contributed by atoms with Gasteiger partial charge in [-0.05, 0) is 0 Å². The minimum Gasteiger partial charge on any atom is -0.0654 e. The molecule has 0 fully saturated rings. The molecule has 0 amide bonds. The van der Waals surface area contributed by atoms with Crippen molar-refractivity contribution in [2.75, 3.05) is 49.3 Å². The summed E-state index contributed by atoms with van der Waals surface area (Å²) < 4.78 is 14.9. The first kappa shape index (κ1) is 71.7. The van der Waals surface area contributed by atoms with Gasteiger partial charge in [0.1, 0.15) is 0 Å². The summed E-state index contributed by atoms with van der Waals surface area (Å²) in [6.07, 6.45) is 59.6. The molecule has 0 aliphatic rings. The molecule has 0 radical (unpaired) electrons. The summed E-state index contributed by atoms with van der Waals surface area (Å²) in [5.74, 6) is -0.285. The third-order valence-corrected chi connectivity index (χ3v) is 31.8. The van der Waals surface area contributed by atoms with E-state index in [2.05, 4.69) is 67.5 Å². The first-order valence-corrected chi connectivity index (χ1v) is 40.5. The average molecular weight is 1130 g/mol. The summed E-state index contributed by atoms with van der Waals surface area (Å²) in [6, 6.07) is 16.2. The van der Waals surface area contributed by atoms with Gasteiger partial charge in [0.25, 0.3) is 0 Å². The predicted octanol–water partition coefficient (Wildman–Crippen LogP) is 24.9. The average Bonchev–Trinajstić information content (AvgIpc) is 3.45. The third kappa shape index (κ3) is 28.9. The van der Waals surface area contributed by atoms with E-state index in [1.54, 1.807) is 11.8 Å². The zero-order valence-corrected chi connectivity index (χ0v) is 55.1. The Morgan fingerprint density at radius 1 is 0.286 bits per heavy atom. The summed E-state index contributed by atoms with van der Waals surface area (Å²) in [7, 11) is 0. The smallest absolute Gasteiger partial charge is 0.0654 e. The molecule has 0 heterocycles. The minimum atomic E-state index is -2.95. The molecule has 0 aliphatic heterocycles. The van der Waals surface area contributed by atoms with Gasteiger partial charge in [-0.2, -0.15) is 0 Å². The topological polar surface area (TPSA) is 52.6 Å². The quantitative estimate of drug-likeness (QED) is 0.0488. The second-order valence-electron chi connectivity index (χ2n) is 24.7. The van der Waals surface area contributed by atoms with Crippen LogP contribution in [-0.4, -0.2) is 61.2 Å². The maximum atomic E-state index is 15.2. The molecule has 77 heavy (non-hydrogen) atoms. The Bertz CT molecular complexity index is 1590. The van der Waals surface area contributed by atoms with E-state index in [4.69, 9.17) is 9.05 Å². The second kappa shape index (κ2) is 44.2. The molecule has 7 heteroatoms. The van der Waals surface area contributed by atoms with E-state index in [1.165, 1.54) is 167 Å². The van der Waals surface area contributed by atoms with Gasteiger partial charge in [0.05, 0.1) is 0 Å². The monoisotopic (exact) mass is 1130 g/mol. The standard InChI is InChI=1S/C70H128O4P2S/c1-9-17-25-27-29-31-33-35-37-39-41-43-45-51-63-75(57-19-11-3,58-20-12-4,59-21-13-5)73-69(71)65-53-47-49-55-67(65)77-68-56-50-48-54-66(68)70(72)74-76(60-22-14-6,61-23-15-7,62-24-16-8)64-52-46-44-42-40-38-36-34-32-30-28-26-18-10-2/h47-50,53-56H,9-46,51-52,57-64H2,1-8H3. The van der Waals surface area contributed by atoms with E-state index >= 15 is 9.59 Å². The fourth-order valence-corrected chi connectivity index (χ4v) is 26.9. The van der Waals surface area contributed by atoms with Crippen molar-refractivity contribution in [1.82, 2.24) is 0 Å². The molecule has 0 bridgehead atoms. The first-order valence-electron chi connectivity index (χ1n) is 33.9. The van der Waals surface area contributed by atoms with E-state index in [0.29, 0.717) is 11.1 Å². The number of carbonyl (C=O) groups excluding carboxylic acids is 2. The Balaban J connectivity index is 2.36. The van der Waals surface area contributed by atoms with E-state index in [9.17, 15) is 0 Å². The predicted molar refractivity (Wildman–Crippen MR) is 351 cm³/mol. The first-order chi connectivity index (χ1) is 37.6. The molecule has 0 unspecified atom stereocenters. The molecule has 0 aromatic heterocycles. The number of benzene rings is 2. The second-order valence-corrected chi connectivity index (χ2v) is 37.1. The minimum absolute atomic E-state index is 0.142. The molecule has 2 aromatic rings. The summed E-state index contributed by atoms with van der Waals surface area (Å²) in [5.41, 5.74) is 1.29. The van der Waals surface area contributed by atoms with E-state index in [1.807, 2.05) is 36.4 Å². The van der Waals surface area contributed by atoms with Crippen molar-refractivity contribution in [2.45, 2.75) is 322 Å². The van der Waals surface area contributed by atoms with Gasteiger partial charge in [0, 0.05) is 0 Å². The van der Waals surface area contributed by atoms with Crippen LogP contribution in [0, 0.1) is 0 Å². The van der Waals surface area contributed by atoms with Gasteiger partial charge in [-0.1, -0.05) is 52.4 Å². The van der Waals surface area contributed by atoms with Gasteiger partial charge in [-0.3, -0.25) is 0 Å². The van der Waals surface area contributed by atoms with Gasteiger partial charge >= 0.3 is 435 Å². The van der Waals surface area contributed by atoms with Crippen LogP contribution in [0.1, 0.15) is 333 Å². The Labute approximate surface area is 484 Å². The Kier molecular flexibility index (Phi) is 41.2. The van der Waals surface area contributed by atoms with Crippen LogP contribution in [0.4, 0.5) is 0 Å². The molecular formula is C70H128O4P2S. The molecule has 448 valence electrons. The fraction of sp³-hybridized carbons (Fsp3) is 0.800. The van der Waals surface area contributed by atoms with Crippen LogP contribution in [0.25, 0.3) is 0 Å². The third-order valence-electron chi connectivity index (χ3n) is 17.7.